The Morgan fingerprint density at radius 3 is 2.42 bits per heavy atom. The summed E-state index contributed by atoms with van der Waals surface area (Å²) in [7, 11) is 3.24. The number of ether oxygens (including phenoxy) is 4. The standard InChI is InChI=1S/C40H58N2O8/c1-22(2)32-14-25-7-9-30(47-5)19-35-34(25)15-28(32)13-29(16-36(35)45)38(50-24(4)44)20-31(49-23(3)43)10-8-26-17-39(48-6)37(46)21-33(26)27-11-12-42-40(41)18-27/h7,9,11,17-18,21-22,25,28-32,34-36,38,42,45-46H,8,10,12-16,19-20,41H2,1-6H3/t25-,28-,29+,30-,31-,32+,34+,35-,36+,38-/m1/s1. The van der Waals surface area contributed by atoms with E-state index in [1.54, 1.807) is 13.2 Å². The van der Waals surface area contributed by atoms with E-state index in [9.17, 15) is 19.8 Å². The number of benzene rings is 1. The van der Waals surface area contributed by atoms with Crippen LogP contribution in [0.5, 0.6) is 11.5 Å². The second-order valence-corrected chi connectivity index (χ2v) is 15.3. The lowest BCUT2D eigenvalue weighted by Crippen LogP contribution is -2.46. The van der Waals surface area contributed by atoms with Gasteiger partial charge in [-0.1, -0.05) is 32.1 Å². The first-order valence-electron chi connectivity index (χ1n) is 18.4. The molecule has 1 aliphatic heterocycles. The van der Waals surface area contributed by atoms with Crippen molar-refractivity contribution in [2.24, 2.45) is 47.2 Å². The van der Waals surface area contributed by atoms with Crippen molar-refractivity contribution in [3.63, 3.8) is 0 Å². The number of aliphatic hydroxyl groups is 1. The fraction of sp³-hybridized carbons (Fsp3) is 0.650. The van der Waals surface area contributed by atoms with Crippen LogP contribution in [-0.4, -0.2) is 67.3 Å². The molecular weight excluding hydrogens is 636 g/mol. The Labute approximate surface area is 297 Å². The number of nitrogens with one attached hydrogen (secondary N) is 1. The maximum absolute atomic E-state index is 12.7. The fourth-order valence-electron chi connectivity index (χ4n) is 9.44. The van der Waals surface area contributed by atoms with Crippen molar-refractivity contribution < 1.29 is 38.7 Å². The second-order valence-electron chi connectivity index (χ2n) is 15.3. The number of nitrogens with two attached hydrogens (primary N) is 1. The third-order valence-corrected chi connectivity index (χ3v) is 11.8. The number of phenolic OH excluding ortho intramolecular Hbond substituents is 1. The highest BCUT2D eigenvalue weighted by Crippen LogP contribution is 2.53. The number of esters is 2. The van der Waals surface area contributed by atoms with E-state index in [0.29, 0.717) is 73.4 Å². The minimum atomic E-state index is -0.572. The SMILES string of the molecule is COc1cc(CC[C@H](C[C@@H](OC(C)=O)[C@H]2C[C@@H]3C[C@@H]4[C@@H](C[C@H](OC)C=C[C@@H]4C[C@H]3C(C)C)[C@@H](O)C2)OC(C)=O)c(C2=CCNC(N)=C2)cc1O. The zero-order valence-corrected chi connectivity index (χ0v) is 30.6. The molecule has 2 fully saturated rings. The Hall–Kier alpha value is -3.50. The van der Waals surface area contributed by atoms with E-state index >= 15 is 0 Å². The van der Waals surface area contributed by atoms with Crippen molar-refractivity contribution in [1.82, 2.24) is 5.32 Å². The van der Waals surface area contributed by atoms with Crippen LogP contribution in [-0.2, 0) is 30.2 Å². The summed E-state index contributed by atoms with van der Waals surface area (Å²) in [6.07, 6.45) is 12.2. The van der Waals surface area contributed by atoms with Gasteiger partial charge < -0.3 is 40.2 Å². The molecule has 5 rings (SSSR count). The van der Waals surface area contributed by atoms with Crippen LogP contribution in [0.2, 0.25) is 0 Å². The van der Waals surface area contributed by atoms with Gasteiger partial charge in [-0.15, -0.1) is 0 Å². The summed E-state index contributed by atoms with van der Waals surface area (Å²) in [4.78, 5) is 25.2. The van der Waals surface area contributed by atoms with Gasteiger partial charge in [0.25, 0.3) is 0 Å². The van der Waals surface area contributed by atoms with Crippen LogP contribution in [0.25, 0.3) is 5.57 Å². The number of carbonyl (C=O) groups excluding carboxylic acids is 2. The maximum Gasteiger partial charge on any atom is 0.302 e. The van der Waals surface area contributed by atoms with Gasteiger partial charge in [-0.05, 0) is 121 Å². The second kappa shape index (κ2) is 16.7. The Morgan fingerprint density at radius 2 is 1.76 bits per heavy atom. The van der Waals surface area contributed by atoms with Crippen LogP contribution >= 0.6 is 0 Å². The summed E-state index contributed by atoms with van der Waals surface area (Å²) in [5, 5.41) is 25.7. The van der Waals surface area contributed by atoms with Crippen LogP contribution in [0.1, 0.15) is 83.8 Å². The first kappa shape index (κ1) is 37.7. The van der Waals surface area contributed by atoms with Gasteiger partial charge in [-0.2, -0.15) is 0 Å². The minimum Gasteiger partial charge on any atom is -0.504 e. The lowest BCUT2D eigenvalue weighted by Gasteiger charge is -2.50. The number of carbonyl (C=O) groups is 2. The van der Waals surface area contributed by atoms with E-state index < -0.39 is 24.3 Å². The number of aromatic hydroxyl groups is 1. The van der Waals surface area contributed by atoms with Crippen molar-refractivity contribution >= 4 is 17.5 Å². The number of dihydropyridines is 1. The first-order chi connectivity index (χ1) is 23.9. The molecule has 0 spiro atoms. The van der Waals surface area contributed by atoms with Crippen LogP contribution in [0.4, 0.5) is 0 Å². The van der Waals surface area contributed by atoms with Crippen molar-refractivity contribution in [1.29, 1.82) is 0 Å². The van der Waals surface area contributed by atoms with E-state index in [4.69, 9.17) is 24.7 Å². The Morgan fingerprint density at radius 1 is 1.00 bits per heavy atom. The van der Waals surface area contributed by atoms with Crippen LogP contribution in [0.3, 0.4) is 0 Å². The van der Waals surface area contributed by atoms with Crippen LogP contribution < -0.4 is 15.8 Å². The highest BCUT2D eigenvalue weighted by atomic mass is 16.6. The molecule has 1 aromatic rings. The number of fused-ring (bicyclic) bond motifs is 1. The molecule has 0 aromatic heterocycles. The van der Waals surface area contributed by atoms with Crippen LogP contribution in [0, 0.1) is 41.4 Å². The average molecular weight is 695 g/mol. The molecule has 2 saturated carbocycles. The largest absolute Gasteiger partial charge is 0.504 e. The van der Waals surface area contributed by atoms with Crippen molar-refractivity contribution in [2.75, 3.05) is 20.8 Å². The Kier molecular flexibility index (Phi) is 12.6. The van der Waals surface area contributed by atoms with E-state index in [0.717, 1.165) is 42.4 Å². The molecule has 2 bridgehead atoms. The van der Waals surface area contributed by atoms with Gasteiger partial charge in [0.15, 0.2) is 11.5 Å². The molecule has 1 aromatic carbocycles. The number of methoxy groups -OCH3 is 2. The summed E-state index contributed by atoms with van der Waals surface area (Å²) in [6.45, 7) is 7.99. The van der Waals surface area contributed by atoms with Gasteiger partial charge in [0, 0.05) is 33.9 Å². The first-order valence-corrected chi connectivity index (χ1v) is 18.4. The average Bonchev–Trinajstić information content (AvgIpc) is 3.23. The number of aryl methyl sites for hydroxylation is 1. The number of hydrogen-bond donors (Lipinski definition) is 4. The monoisotopic (exact) mass is 694 g/mol. The minimum absolute atomic E-state index is 0.0178. The molecule has 276 valence electrons. The fourth-order valence-corrected chi connectivity index (χ4v) is 9.44. The van der Waals surface area contributed by atoms with Gasteiger partial charge in [-0.3, -0.25) is 9.59 Å². The summed E-state index contributed by atoms with van der Waals surface area (Å²) in [5.74, 6) is 2.32. The zero-order valence-electron chi connectivity index (χ0n) is 30.6. The molecule has 0 saturated heterocycles. The molecule has 4 aliphatic rings. The van der Waals surface area contributed by atoms with Gasteiger partial charge in [0.1, 0.15) is 12.2 Å². The van der Waals surface area contributed by atoms with E-state index in [1.807, 2.05) is 18.2 Å². The summed E-state index contributed by atoms with van der Waals surface area (Å²) < 4.78 is 23.3. The highest BCUT2D eigenvalue weighted by molar-refractivity contribution is 5.79. The number of hydrogen-bond acceptors (Lipinski definition) is 10. The molecule has 3 aliphatic carbocycles. The van der Waals surface area contributed by atoms with Crippen LogP contribution in [0.15, 0.2) is 42.3 Å². The quantitative estimate of drug-likeness (QED) is 0.160. The Balaban J connectivity index is 1.43. The van der Waals surface area contributed by atoms with E-state index in [1.165, 1.54) is 21.0 Å². The number of rotatable bonds is 12. The Bertz CT molecular complexity index is 1450. The molecule has 0 radical (unpaired) electrons. The predicted molar refractivity (Wildman–Crippen MR) is 192 cm³/mol. The molecule has 5 N–H and O–H groups in total. The molecule has 10 nitrogen and oxygen atoms in total. The molecule has 0 unspecified atom stereocenters. The lowest BCUT2D eigenvalue weighted by atomic mass is 9.57. The number of aliphatic hydroxyl groups excluding tert-OH is 1. The van der Waals surface area contributed by atoms with Gasteiger partial charge in [0.05, 0.1) is 25.1 Å². The lowest BCUT2D eigenvalue weighted by molar-refractivity contribution is -0.158. The molecule has 10 atom stereocenters. The number of allylic oxidation sites excluding steroid dienone is 3. The third-order valence-electron chi connectivity index (χ3n) is 11.8. The number of phenols is 1. The van der Waals surface area contributed by atoms with E-state index in [2.05, 4.69) is 31.3 Å². The van der Waals surface area contributed by atoms with Gasteiger partial charge in [-0.25, -0.2) is 0 Å². The van der Waals surface area contributed by atoms with Crippen molar-refractivity contribution in [3.8, 4) is 11.5 Å². The van der Waals surface area contributed by atoms with Crippen molar-refractivity contribution in [3.05, 3.63) is 53.4 Å². The molecule has 50 heavy (non-hydrogen) atoms. The smallest absolute Gasteiger partial charge is 0.302 e. The van der Waals surface area contributed by atoms with E-state index in [-0.39, 0.29) is 29.7 Å². The maximum atomic E-state index is 12.7. The molecule has 10 heteroatoms. The molecule has 0 amide bonds. The summed E-state index contributed by atoms with van der Waals surface area (Å²) in [5.41, 5.74) is 8.66. The predicted octanol–water partition coefficient (Wildman–Crippen LogP) is 5.65. The highest BCUT2D eigenvalue weighted by Gasteiger charge is 2.48. The topological polar surface area (TPSA) is 150 Å². The summed E-state index contributed by atoms with van der Waals surface area (Å²) >= 11 is 0. The molecular formula is C40H58N2O8. The third kappa shape index (κ3) is 9.04. The van der Waals surface area contributed by atoms with Crippen molar-refractivity contribution in [2.45, 2.75) is 103 Å². The van der Waals surface area contributed by atoms with Gasteiger partial charge in [0.2, 0.25) is 0 Å². The van der Waals surface area contributed by atoms with Gasteiger partial charge >= 0.3 is 11.9 Å². The summed E-state index contributed by atoms with van der Waals surface area (Å²) in [6, 6.07) is 3.49. The normalized spacial score (nSPS) is 30.4. The molecule has 1 heterocycles. The zero-order chi connectivity index (χ0) is 36.1.